The zero-order valence-corrected chi connectivity index (χ0v) is 12.9. The van der Waals surface area contributed by atoms with Crippen LogP contribution in [0.3, 0.4) is 0 Å². The van der Waals surface area contributed by atoms with Crippen molar-refractivity contribution in [3.8, 4) is 0 Å². The van der Waals surface area contributed by atoms with Gasteiger partial charge in [-0.25, -0.2) is 0 Å². The van der Waals surface area contributed by atoms with E-state index in [-0.39, 0.29) is 0 Å². The molecule has 4 atom stereocenters. The van der Waals surface area contributed by atoms with E-state index >= 15 is 0 Å². The summed E-state index contributed by atoms with van der Waals surface area (Å²) >= 11 is 0. The molecule has 0 amide bonds. The van der Waals surface area contributed by atoms with E-state index in [1.165, 1.54) is 0 Å². The van der Waals surface area contributed by atoms with Crippen LogP contribution in [0.2, 0.25) is 0 Å². The molecule has 0 radical (unpaired) electrons. The summed E-state index contributed by atoms with van der Waals surface area (Å²) in [4.78, 5) is 24.0. The molecular weight excluding hydrogens is 300 g/mol. The number of carbonyl (C=O) groups is 2. The Bertz CT molecular complexity index is 341. The van der Waals surface area contributed by atoms with Crippen LogP contribution in [0.15, 0.2) is 0 Å². The Morgan fingerprint density at radius 3 is 1.67 bits per heavy atom. The Morgan fingerprint density at radius 2 is 1.28 bits per heavy atom. The van der Waals surface area contributed by atoms with Crippen LogP contribution < -0.4 is 0 Å². The van der Waals surface area contributed by atoms with Crippen LogP contribution in [0, 0.1) is 0 Å². The van der Waals surface area contributed by atoms with Crippen molar-refractivity contribution >= 4 is 39.4 Å². The lowest BCUT2D eigenvalue weighted by Gasteiger charge is -2.32. The molecule has 2 heterocycles. The molecule has 9 nitrogen and oxygen atoms in total. The quantitative estimate of drug-likeness (QED) is 0.322. The highest BCUT2D eigenvalue weighted by Gasteiger charge is 2.64. The largest absolute Gasteiger partial charge is 0.469 e. The van der Waals surface area contributed by atoms with Gasteiger partial charge in [0.25, 0.3) is 20.0 Å². The molecule has 0 aromatic heterocycles. The summed E-state index contributed by atoms with van der Waals surface area (Å²) in [6.45, 7) is 0. The maximum atomic E-state index is 12.0. The first-order chi connectivity index (χ1) is 8.42. The normalized spacial score (nSPS) is 48.9. The van der Waals surface area contributed by atoms with Gasteiger partial charge in [0.15, 0.2) is 0 Å². The van der Waals surface area contributed by atoms with Crippen LogP contribution in [0.5, 0.6) is 0 Å². The Hall–Kier alpha value is -0.289. The van der Waals surface area contributed by atoms with Crippen LogP contribution in [-0.4, -0.2) is 84.2 Å². The van der Waals surface area contributed by atoms with E-state index in [2.05, 4.69) is 0 Å². The second kappa shape index (κ2) is 5.00. The first kappa shape index (κ1) is 14.1. The number of aliphatic hydroxyl groups excluding tert-OH is 4. The molecule has 102 valence electrons. The Kier molecular flexibility index (Phi) is 3.93. The standard InChI is InChI=1S/C6H12O9Si3/c7-1-2(8)4(10)6(12)18(5(11)3(1)9)14-16-13-17-15-18/h1-4,7-10H,16-17H2. The highest BCUT2D eigenvalue weighted by molar-refractivity contribution is 7.21. The second-order valence-corrected chi connectivity index (χ2v) is 10.6. The van der Waals surface area contributed by atoms with Crippen molar-refractivity contribution in [2.24, 2.45) is 0 Å². The van der Waals surface area contributed by atoms with E-state index in [9.17, 15) is 30.0 Å². The van der Waals surface area contributed by atoms with Crippen molar-refractivity contribution in [1.82, 2.24) is 0 Å². The van der Waals surface area contributed by atoms with Crippen molar-refractivity contribution in [2.45, 2.75) is 24.4 Å². The maximum Gasteiger partial charge on any atom is 0.469 e. The minimum Gasteiger partial charge on any atom is -0.425 e. The average molecular weight is 312 g/mol. The highest BCUT2D eigenvalue weighted by atomic mass is 28.5. The first-order valence-corrected chi connectivity index (χ1v) is 9.21. The van der Waals surface area contributed by atoms with Gasteiger partial charge in [0.2, 0.25) is 10.8 Å². The van der Waals surface area contributed by atoms with Gasteiger partial charge in [0.05, 0.1) is 0 Å². The van der Waals surface area contributed by atoms with E-state index in [1.807, 2.05) is 0 Å². The fourth-order valence-electron chi connectivity index (χ4n) is 1.80. The zero-order chi connectivity index (χ0) is 13.5. The molecule has 2 rings (SSSR count). The molecule has 0 aliphatic carbocycles. The van der Waals surface area contributed by atoms with Gasteiger partial charge in [-0.3, -0.25) is 9.59 Å². The van der Waals surface area contributed by atoms with Crippen molar-refractivity contribution < 1.29 is 42.4 Å². The third-order valence-corrected chi connectivity index (χ3v) is 10.3. The molecule has 0 aromatic carbocycles. The Balaban J connectivity index is 2.44. The van der Waals surface area contributed by atoms with Gasteiger partial charge < -0.3 is 32.8 Å². The SMILES string of the molecule is O=C1C(O)C(O)C(O)C(O)C(=O)[Si]12O[SiH2]O[SiH2]O2. The molecule has 4 N–H and O–H groups in total. The van der Waals surface area contributed by atoms with Crippen LogP contribution in [0.4, 0.5) is 0 Å². The smallest absolute Gasteiger partial charge is 0.425 e. The summed E-state index contributed by atoms with van der Waals surface area (Å²) < 4.78 is 15.1. The van der Waals surface area contributed by atoms with Crippen LogP contribution in [-0.2, 0) is 21.9 Å². The van der Waals surface area contributed by atoms with Gasteiger partial charge in [0.1, 0.15) is 24.4 Å². The summed E-state index contributed by atoms with van der Waals surface area (Å²) in [6.07, 6.45) is -7.95. The molecule has 2 aliphatic rings. The van der Waals surface area contributed by atoms with E-state index < -0.39 is 63.8 Å². The van der Waals surface area contributed by atoms with Crippen molar-refractivity contribution in [3.05, 3.63) is 0 Å². The average Bonchev–Trinajstić information content (AvgIpc) is 2.45. The van der Waals surface area contributed by atoms with E-state index in [4.69, 9.17) is 12.3 Å². The Morgan fingerprint density at radius 1 is 0.889 bits per heavy atom. The number of hydrogen-bond acceptors (Lipinski definition) is 9. The summed E-state index contributed by atoms with van der Waals surface area (Å²) in [6, 6.07) is 0. The minimum absolute atomic E-state index is 1.08. The van der Waals surface area contributed by atoms with Crippen LogP contribution >= 0.6 is 0 Å². The van der Waals surface area contributed by atoms with Crippen LogP contribution in [0.25, 0.3) is 0 Å². The predicted octanol–water partition coefficient (Wildman–Crippen LogP) is -5.84. The van der Waals surface area contributed by atoms with Crippen LogP contribution in [0.1, 0.15) is 0 Å². The maximum absolute atomic E-state index is 12.0. The summed E-state index contributed by atoms with van der Waals surface area (Å²) in [5, 5.41) is 36.0. The molecule has 0 saturated carbocycles. The van der Waals surface area contributed by atoms with E-state index in [1.54, 1.807) is 0 Å². The fourth-order valence-corrected chi connectivity index (χ4v) is 10.3. The minimum atomic E-state index is -4.14. The third kappa shape index (κ3) is 1.95. The fraction of sp³-hybridized carbons (Fsp3) is 0.667. The first-order valence-electron chi connectivity index (χ1n) is 5.08. The molecule has 0 bridgehead atoms. The lowest BCUT2D eigenvalue weighted by Crippen LogP contribution is -2.66. The van der Waals surface area contributed by atoms with Crippen molar-refractivity contribution in [1.29, 1.82) is 0 Å². The lowest BCUT2D eigenvalue weighted by molar-refractivity contribution is -0.140. The number of carbonyl (C=O) groups excluding carboxylic acids is 2. The van der Waals surface area contributed by atoms with Gasteiger partial charge >= 0.3 is 8.56 Å². The third-order valence-electron chi connectivity index (χ3n) is 2.87. The molecule has 4 unspecified atom stereocenters. The summed E-state index contributed by atoms with van der Waals surface area (Å²) in [5.41, 5.74) is 0. The molecule has 1 spiro atoms. The monoisotopic (exact) mass is 312 g/mol. The van der Waals surface area contributed by atoms with E-state index in [0.29, 0.717) is 0 Å². The van der Waals surface area contributed by atoms with Crippen molar-refractivity contribution in [3.63, 3.8) is 0 Å². The molecule has 12 heteroatoms. The number of rotatable bonds is 0. The number of aliphatic hydroxyl groups is 4. The lowest BCUT2D eigenvalue weighted by atomic mass is 10.1. The zero-order valence-electron chi connectivity index (χ0n) is 9.05. The molecule has 2 fully saturated rings. The summed E-state index contributed by atoms with van der Waals surface area (Å²) in [5.74, 6) is 0. The van der Waals surface area contributed by atoms with Gasteiger partial charge in [-0.2, -0.15) is 0 Å². The van der Waals surface area contributed by atoms with Gasteiger partial charge in [-0.05, 0) is 0 Å². The van der Waals surface area contributed by atoms with E-state index in [0.717, 1.165) is 0 Å². The number of hydrogen-bond donors (Lipinski definition) is 4. The van der Waals surface area contributed by atoms with Crippen molar-refractivity contribution in [2.75, 3.05) is 0 Å². The van der Waals surface area contributed by atoms with Gasteiger partial charge in [-0.15, -0.1) is 0 Å². The topological polar surface area (TPSA) is 143 Å². The summed E-state index contributed by atoms with van der Waals surface area (Å²) in [7, 11) is -7.30. The molecule has 2 aliphatic heterocycles. The predicted molar refractivity (Wildman–Crippen MR) is 60.1 cm³/mol. The highest BCUT2D eigenvalue weighted by Crippen LogP contribution is 2.24. The van der Waals surface area contributed by atoms with Gasteiger partial charge in [-0.1, -0.05) is 0 Å². The second-order valence-electron chi connectivity index (χ2n) is 3.94. The molecule has 0 aromatic rings. The molecule has 18 heavy (non-hydrogen) atoms. The Labute approximate surface area is 107 Å². The molecular formula is C6H12O9Si3. The van der Waals surface area contributed by atoms with Gasteiger partial charge in [0, 0.05) is 0 Å². The molecule has 2 saturated heterocycles.